The Bertz CT molecular complexity index is 1260. The molecule has 0 unspecified atom stereocenters. The Morgan fingerprint density at radius 3 is 1.53 bits per heavy atom. The van der Waals surface area contributed by atoms with Gasteiger partial charge in [0.05, 0.1) is 24.9 Å². The van der Waals surface area contributed by atoms with Gasteiger partial charge in [0.25, 0.3) is 0 Å². The van der Waals surface area contributed by atoms with Crippen molar-refractivity contribution < 1.29 is 53.1 Å². The number of hydrogen-bond donors (Lipinski definition) is 11. The summed E-state index contributed by atoms with van der Waals surface area (Å²) in [4.78, 5) is 116. The first kappa shape index (κ1) is 42.1. The lowest BCUT2D eigenvalue weighted by Gasteiger charge is -2.29. The Hall–Kier alpha value is -4.89. The van der Waals surface area contributed by atoms with Crippen LogP contribution in [0.15, 0.2) is 0 Å². The third-order valence-electron chi connectivity index (χ3n) is 7.22. The number of carboxylic acids is 1. The second kappa shape index (κ2) is 19.8. The highest BCUT2D eigenvalue weighted by molar-refractivity contribution is 5.98. The van der Waals surface area contributed by atoms with Crippen molar-refractivity contribution in [2.75, 3.05) is 0 Å². The summed E-state index contributed by atoms with van der Waals surface area (Å²) in [6.45, 7) is 6.31. The predicted molar refractivity (Wildman–Crippen MR) is 168 cm³/mol. The van der Waals surface area contributed by atoms with Crippen molar-refractivity contribution in [3.63, 3.8) is 0 Å². The molecule has 7 atom stereocenters. The summed E-state index contributed by atoms with van der Waals surface area (Å²) in [5.41, 5.74) is 23.9. The number of carboxylic acid groups (broad SMARTS) is 1. The average molecular weight is 701 g/mol. The number of carbonyl (C=O) groups is 9. The lowest BCUT2D eigenvalue weighted by Crippen LogP contribution is -2.61. The van der Waals surface area contributed by atoms with Crippen molar-refractivity contribution >= 4 is 53.2 Å². The van der Waals surface area contributed by atoms with Gasteiger partial charge in [0.2, 0.25) is 47.3 Å². The van der Waals surface area contributed by atoms with Crippen molar-refractivity contribution in [1.29, 1.82) is 0 Å². The van der Waals surface area contributed by atoms with Gasteiger partial charge >= 0.3 is 5.97 Å². The normalized spacial score (nSPS) is 17.3. The molecule has 1 fully saturated rings. The Labute approximate surface area is 282 Å². The van der Waals surface area contributed by atoms with Crippen LogP contribution in [0.3, 0.4) is 0 Å². The van der Waals surface area contributed by atoms with Gasteiger partial charge in [-0.2, -0.15) is 5.48 Å². The first-order valence-corrected chi connectivity index (χ1v) is 15.5. The van der Waals surface area contributed by atoms with Crippen molar-refractivity contribution in [3.8, 4) is 0 Å². The van der Waals surface area contributed by atoms with Gasteiger partial charge in [-0.05, 0) is 24.7 Å². The first-order chi connectivity index (χ1) is 22.7. The van der Waals surface area contributed by atoms with Crippen LogP contribution in [0.5, 0.6) is 0 Å². The summed E-state index contributed by atoms with van der Waals surface area (Å²) in [7, 11) is 0. The zero-order valence-corrected chi connectivity index (χ0v) is 27.8. The van der Waals surface area contributed by atoms with Crippen molar-refractivity contribution in [1.82, 2.24) is 32.1 Å². The molecular weight excluding hydrogens is 652 g/mol. The maximum absolute atomic E-state index is 13.4. The highest BCUT2D eigenvalue weighted by atomic mass is 16.8. The molecule has 1 heterocycles. The fraction of sp³-hybridized carbons (Fsp3) is 0.679. The molecule has 1 aliphatic rings. The molecule has 0 bridgehead atoms. The molecule has 15 N–H and O–H groups in total. The Morgan fingerprint density at radius 2 is 1.08 bits per heavy atom. The standard InChI is InChI=1S/C28H48N10O11/c1-11(2)21(37-27(48)22(12(3)4)36-23(44)13(29)9-20(42)43)26(47)35-16(10-19(32)41)25(46)33-14(5-7-17(30)39)24(45)34-15(28-38-49-28)6-8-18(31)40/h11-16,21-22,28,38H,5-10,29H2,1-4H3,(H2,30,39)(H2,31,40)(H2,32,41)(H,33,46)(H,34,45)(H,35,47)(H,36,44)(H,37,48)(H,42,43)/t13-,14-,15-,16-,21-,22-,28+/m0/s1. The van der Waals surface area contributed by atoms with Crippen molar-refractivity contribution in [2.24, 2.45) is 34.8 Å². The Kier molecular flexibility index (Phi) is 17.0. The third-order valence-corrected chi connectivity index (χ3v) is 7.22. The number of nitrogens with two attached hydrogens (primary N) is 4. The van der Waals surface area contributed by atoms with E-state index in [2.05, 4.69) is 32.1 Å². The van der Waals surface area contributed by atoms with Gasteiger partial charge < -0.3 is 54.6 Å². The van der Waals surface area contributed by atoms with Crippen LogP contribution in [0.1, 0.15) is 66.2 Å². The largest absolute Gasteiger partial charge is 0.481 e. The number of aliphatic carboxylic acids is 1. The molecule has 0 aromatic carbocycles. The zero-order valence-electron chi connectivity index (χ0n) is 27.8. The molecule has 0 aliphatic carbocycles. The van der Waals surface area contributed by atoms with E-state index in [4.69, 9.17) is 32.9 Å². The van der Waals surface area contributed by atoms with Crippen LogP contribution in [0.2, 0.25) is 0 Å². The van der Waals surface area contributed by atoms with Crippen LogP contribution in [-0.4, -0.2) is 101 Å². The topological polar surface area (TPSA) is 373 Å². The lowest BCUT2D eigenvalue weighted by molar-refractivity contribution is -0.140. The summed E-state index contributed by atoms with van der Waals surface area (Å²) < 4.78 is 0. The molecule has 0 aromatic rings. The molecule has 8 amide bonds. The van der Waals surface area contributed by atoms with Crippen molar-refractivity contribution in [3.05, 3.63) is 0 Å². The smallest absolute Gasteiger partial charge is 0.305 e. The van der Waals surface area contributed by atoms with E-state index in [9.17, 15) is 43.2 Å². The van der Waals surface area contributed by atoms with Crippen LogP contribution < -0.4 is 55.0 Å². The van der Waals surface area contributed by atoms with E-state index in [1.807, 2.05) is 0 Å². The zero-order chi connectivity index (χ0) is 37.6. The minimum Gasteiger partial charge on any atom is -0.481 e. The molecule has 1 rings (SSSR count). The van der Waals surface area contributed by atoms with E-state index in [-0.39, 0.29) is 25.7 Å². The highest BCUT2D eigenvalue weighted by Crippen LogP contribution is 2.13. The summed E-state index contributed by atoms with van der Waals surface area (Å²) in [5, 5.41) is 21.1. The van der Waals surface area contributed by atoms with E-state index < -0.39 is 120 Å². The van der Waals surface area contributed by atoms with Gasteiger partial charge in [-0.3, -0.25) is 48.0 Å². The number of carbonyl (C=O) groups excluding carboxylic acids is 8. The van der Waals surface area contributed by atoms with Crippen LogP contribution in [0.25, 0.3) is 0 Å². The summed E-state index contributed by atoms with van der Waals surface area (Å²) in [6.07, 6.45) is -2.72. The van der Waals surface area contributed by atoms with Gasteiger partial charge in [0.15, 0.2) is 6.23 Å². The van der Waals surface area contributed by atoms with Gasteiger partial charge in [0.1, 0.15) is 24.2 Å². The average Bonchev–Trinajstić information content (AvgIpc) is 3.82. The van der Waals surface area contributed by atoms with Crippen LogP contribution in [0, 0.1) is 11.8 Å². The van der Waals surface area contributed by atoms with E-state index in [0.717, 1.165) is 0 Å². The highest BCUT2D eigenvalue weighted by Gasteiger charge is 2.37. The number of nitrogens with one attached hydrogen (secondary N) is 6. The monoisotopic (exact) mass is 700 g/mol. The maximum atomic E-state index is 13.4. The van der Waals surface area contributed by atoms with Crippen LogP contribution in [-0.2, 0) is 48.0 Å². The van der Waals surface area contributed by atoms with E-state index in [0.29, 0.717) is 0 Å². The van der Waals surface area contributed by atoms with Gasteiger partial charge in [0, 0.05) is 12.8 Å². The number of rotatable bonds is 23. The molecule has 0 aromatic heterocycles. The molecule has 21 nitrogen and oxygen atoms in total. The molecule has 1 saturated heterocycles. The molecule has 0 spiro atoms. The Balaban J connectivity index is 3.15. The first-order valence-electron chi connectivity index (χ1n) is 15.5. The third kappa shape index (κ3) is 15.7. The van der Waals surface area contributed by atoms with E-state index in [1.165, 1.54) is 0 Å². The fourth-order valence-corrected chi connectivity index (χ4v) is 4.44. The quantitative estimate of drug-likeness (QED) is 0.0445. The van der Waals surface area contributed by atoms with Crippen molar-refractivity contribution in [2.45, 2.75) is 109 Å². The maximum Gasteiger partial charge on any atom is 0.305 e. The van der Waals surface area contributed by atoms with Crippen LogP contribution >= 0.6 is 0 Å². The summed E-state index contributed by atoms with van der Waals surface area (Å²) in [6, 6.07) is -7.83. The van der Waals surface area contributed by atoms with E-state index in [1.54, 1.807) is 27.7 Å². The molecule has 0 radical (unpaired) electrons. The van der Waals surface area contributed by atoms with Gasteiger partial charge in [-0.15, -0.1) is 0 Å². The predicted octanol–water partition coefficient (Wildman–Crippen LogP) is -5.21. The summed E-state index contributed by atoms with van der Waals surface area (Å²) >= 11 is 0. The van der Waals surface area contributed by atoms with Gasteiger partial charge in [-0.25, -0.2) is 0 Å². The molecular formula is C28H48N10O11. The van der Waals surface area contributed by atoms with Crippen LogP contribution in [0.4, 0.5) is 0 Å². The minimum absolute atomic E-state index is 0.0778. The second-order valence-corrected chi connectivity index (χ2v) is 12.2. The van der Waals surface area contributed by atoms with Gasteiger partial charge in [-0.1, -0.05) is 27.7 Å². The lowest BCUT2D eigenvalue weighted by atomic mass is 9.98. The van der Waals surface area contributed by atoms with E-state index >= 15 is 0 Å². The Morgan fingerprint density at radius 1 is 0.633 bits per heavy atom. The number of hydroxylamine groups is 1. The molecule has 1 aliphatic heterocycles. The SMILES string of the molecule is CC(C)[C@H](NC(=O)[C@@H](NC(=O)[C@@H](N)CC(=O)O)C(C)C)C(=O)N[C@@H](CC(N)=O)C(=O)N[C@@H](CCC(N)=O)C(=O)N[C@@H](CCC(N)=O)[C@@H]1NO1. The second-order valence-electron chi connectivity index (χ2n) is 12.2. The number of primary amides is 3. The number of amides is 8. The molecule has 0 saturated carbocycles. The fourth-order valence-electron chi connectivity index (χ4n) is 4.44. The minimum atomic E-state index is -1.65. The number of hydrogen-bond acceptors (Lipinski definition) is 12. The molecule has 49 heavy (non-hydrogen) atoms. The molecule has 276 valence electrons. The summed E-state index contributed by atoms with van der Waals surface area (Å²) in [5.74, 6) is -9.40. The molecule has 21 heteroatoms.